The van der Waals surface area contributed by atoms with Crippen LogP contribution in [0, 0.1) is 0 Å². The first-order valence-electron chi connectivity index (χ1n) is 4.34. The van der Waals surface area contributed by atoms with Crippen molar-refractivity contribution in [2.45, 2.75) is 4.90 Å². The van der Waals surface area contributed by atoms with Gasteiger partial charge < -0.3 is 15.4 Å². The molecular formula is C10H7NNa2O4S. The first-order valence-corrected chi connectivity index (χ1v) is 5.75. The normalized spacial score (nSPS) is 10.5. The van der Waals surface area contributed by atoms with E-state index in [9.17, 15) is 18.1 Å². The van der Waals surface area contributed by atoms with Crippen LogP contribution in [0.3, 0.4) is 0 Å². The topological polar surface area (TPSA) is 106 Å². The Kier molecular flexibility index (Phi) is 6.66. The maximum Gasteiger partial charge on any atom is 1.00 e. The van der Waals surface area contributed by atoms with Crippen LogP contribution < -0.4 is 70.0 Å². The SMILES string of the molecule is Nc1ccc2c([O-])cc(S(=O)(=O)[O-])cc2c1.[Na+].[Na+]. The Morgan fingerprint density at radius 1 is 1.06 bits per heavy atom. The molecule has 2 aromatic carbocycles. The number of hydrogen-bond donors (Lipinski definition) is 1. The summed E-state index contributed by atoms with van der Waals surface area (Å²) in [7, 11) is -4.62. The van der Waals surface area contributed by atoms with Crippen molar-refractivity contribution in [3.63, 3.8) is 0 Å². The van der Waals surface area contributed by atoms with Gasteiger partial charge in [0.1, 0.15) is 10.1 Å². The third-order valence-corrected chi connectivity index (χ3v) is 3.01. The fourth-order valence-corrected chi connectivity index (χ4v) is 1.99. The molecule has 0 aliphatic rings. The Hall–Kier alpha value is 0.210. The molecule has 5 nitrogen and oxygen atoms in total. The predicted octanol–water partition coefficient (Wildman–Crippen LogP) is -5.59. The van der Waals surface area contributed by atoms with Crippen molar-refractivity contribution in [2.24, 2.45) is 0 Å². The van der Waals surface area contributed by atoms with E-state index >= 15 is 0 Å². The van der Waals surface area contributed by atoms with Crippen LogP contribution in [-0.4, -0.2) is 13.0 Å². The zero-order valence-electron chi connectivity index (χ0n) is 10.0. The Morgan fingerprint density at radius 3 is 2.22 bits per heavy atom. The first kappa shape index (κ1) is 18.2. The van der Waals surface area contributed by atoms with Crippen molar-refractivity contribution in [3.05, 3.63) is 30.3 Å². The summed E-state index contributed by atoms with van der Waals surface area (Å²) in [5.41, 5.74) is 5.90. The molecule has 8 heteroatoms. The fraction of sp³-hybridized carbons (Fsp3) is 0. The van der Waals surface area contributed by atoms with Gasteiger partial charge in [-0.2, -0.15) is 0 Å². The molecule has 0 radical (unpaired) electrons. The second-order valence-corrected chi connectivity index (χ2v) is 4.74. The van der Waals surface area contributed by atoms with E-state index in [1.54, 1.807) is 0 Å². The average molecular weight is 283 g/mol. The minimum absolute atomic E-state index is 0. The minimum Gasteiger partial charge on any atom is -0.872 e. The quantitative estimate of drug-likeness (QED) is 0.319. The van der Waals surface area contributed by atoms with Crippen molar-refractivity contribution in [1.82, 2.24) is 0 Å². The van der Waals surface area contributed by atoms with Crippen molar-refractivity contribution >= 4 is 26.6 Å². The fourth-order valence-electron chi connectivity index (χ4n) is 1.47. The molecule has 0 amide bonds. The predicted molar refractivity (Wildman–Crippen MR) is 55.8 cm³/mol. The van der Waals surface area contributed by atoms with E-state index in [-0.39, 0.29) is 59.1 Å². The van der Waals surface area contributed by atoms with Gasteiger partial charge in [0.2, 0.25) is 0 Å². The van der Waals surface area contributed by atoms with Crippen LogP contribution in [0.25, 0.3) is 10.8 Å². The summed E-state index contributed by atoms with van der Waals surface area (Å²) in [5, 5.41) is 12.2. The molecule has 84 valence electrons. The van der Waals surface area contributed by atoms with E-state index in [0.29, 0.717) is 16.5 Å². The average Bonchev–Trinajstić information content (AvgIpc) is 2.15. The van der Waals surface area contributed by atoms with Crippen LogP contribution in [0.1, 0.15) is 0 Å². The third kappa shape index (κ3) is 3.85. The molecule has 2 rings (SSSR count). The van der Waals surface area contributed by atoms with Gasteiger partial charge in [0.25, 0.3) is 0 Å². The number of nitrogen functional groups attached to an aromatic ring is 1. The van der Waals surface area contributed by atoms with Crippen molar-refractivity contribution in [1.29, 1.82) is 0 Å². The summed E-state index contributed by atoms with van der Waals surface area (Å²) >= 11 is 0. The largest absolute Gasteiger partial charge is 1.00 e. The zero-order chi connectivity index (χ0) is 11.9. The molecule has 0 saturated heterocycles. The van der Waals surface area contributed by atoms with Crippen molar-refractivity contribution in [3.8, 4) is 5.75 Å². The van der Waals surface area contributed by atoms with Gasteiger partial charge in [0.15, 0.2) is 0 Å². The van der Waals surface area contributed by atoms with Crippen LogP contribution in [0.5, 0.6) is 5.75 Å². The van der Waals surface area contributed by atoms with Gasteiger partial charge in [-0.25, -0.2) is 8.42 Å². The first-order chi connectivity index (χ1) is 7.38. The van der Waals surface area contributed by atoms with Crippen LogP contribution in [0.4, 0.5) is 5.69 Å². The maximum atomic E-state index is 11.5. The molecular weight excluding hydrogens is 276 g/mol. The molecule has 0 bridgehead atoms. The van der Waals surface area contributed by atoms with E-state index in [4.69, 9.17) is 5.73 Å². The van der Waals surface area contributed by atoms with Gasteiger partial charge in [0, 0.05) is 5.69 Å². The molecule has 2 aromatic rings. The van der Waals surface area contributed by atoms with Crippen LogP contribution >= 0.6 is 0 Å². The summed E-state index contributed by atoms with van der Waals surface area (Å²) in [6.07, 6.45) is 0. The van der Waals surface area contributed by atoms with Crippen LogP contribution in [-0.2, 0) is 10.1 Å². The van der Waals surface area contributed by atoms with Gasteiger partial charge >= 0.3 is 59.1 Å². The van der Waals surface area contributed by atoms with E-state index in [1.165, 1.54) is 18.2 Å². The number of fused-ring (bicyclic) bond motifs is 1. The second kappa shape index (κ2) is 6.58. The van der Waals surface area contributed by atoms with E-state index in [0.717, 1.165) is 12.1 Å². The molecule has 0 atom stereocenters. The van der Waals surface area contributed by atoms with Gasteiger partial charge in [0.05, 0.1) is 4.90 Å². The number of nitrogens with two attached hydrogens (primary N) is 1. The number of hydrogen-bond acceptors (Lipinski definition) is 5. The Balaban J connectivity index is 0.00000144. The van der Waals surface area contributed by atoms with Crippen LogP contribution in [0.15, 0.2) is 35.2 Å². The molecule has 0 aliphatic heterocycles. The summed E-state index contributed by atoms with van der Waals surface area (Å²) in [5.74, 6) is -0.507. The Labute approximate surface area is 149 Å². The number of rotatable bonds is 1. The second-order valence-electron chi connectivity index (χ2n) is 3.36. The number of anilines is 1. The van der Waals surface area contributed by atoms with Gasteiger partial charge in [-0.3, -0.25) is 0 Å². The summed E-state index contributed by atoms with van der Waals surface area (Å²) in [6, 6.07) is 6.45. The minimum atomic E-state index is -4.62. The molecule has 0 spiro atoms. The smallest absolute Gasteiger partial charge is 0.872 e. The molecule has 0 unspecified atom stereocenters. The molecule has 2 N–H and O–H groups in total. The Bertz CT molecular complexity index is 673. The van der Waals surface area contributed by atoms with Crippen molar-refractivity contribution in [2.75, 3.05) is 5.73 Å². The maximum absolute atomic E-state index is 11.5. The van der Waals surface area contributed by atoms with E-state index in [2.05, 4.69) is 0 Å². The molecule has 0 heterocycles. The van der Waals surface area contributed by atoms with Crippen molar-refractivity contribution < 1.29 is 77.2 Å². The summed E-state index contributed by atoms with van der Waals surface area (Å²) < 4.78 is 32.4. The van der Waals surface area contributed by atoms with Gasteiger partial charge in [-0.05, 0) is 29.0 Å². The molecule has 0 aromatic heterocycles. The third-order valence-electron chi connectivity index (χ3n) is 2.20. The molecule has 0 saturated carbocycles. The standard InChI is InChI=1S/C10H9NO4S.2Na/c11-7-1-2-9-6(3-7)4-8(5-10(9)12)16(13,14)15;;/h1-5,12H,11H2,(H,13,14,15);;/q;2*+1/p-2. The summed E-state index contributed by atoms with van der Waals surface area (Å²) in [4.78, 5) is -0.532. The van der Waals surface area contributed by atoms with Gasteiger partial charge in [-0.15, -0.1) is 0 Å². The summed E-state index contributed by atoms with van der Waals surface area (Å²) in [6.45, 7) is 0. The Morgan fingerprint density at radius 2 is 1.67 bits per heavy atom. The van der Waals surface area contributed by atoms with E-state index < -0.39 is 20.8 Å². The zero-order valence-corrected chi connectivity index (χ0v) is 14.8. The molecule has 0 fully saturated rings. The van der Waals surface area contributed by atoms with Gasteiger partial charge in [-0.1, -0.05) is 17.9 Å². The van der Waals surface area contributed by atoms with Crippen LogP contribution in [0.2, 0.25) is 0 Å². The van der Waals surface area contributed by atoms with E-state index in [1.807, 2.05) is 0 Å². The number of benzene rings is 2. The monoisotopic (exact) mass is 283 g/mol. The molecule has 0 aliphatic carbocycles. The molecule has 18 heavy (non-hydrogen) atoms.